The number of pyridine rings is 1. The fourth-order valence-electron chi connectivity index (χ4n) is 2.54. The van der Waals surface area contributed by atoms with Gasteiger partial charge in [0.1, 0.15) is 18.1 Å². The minimum Gasteiger partial charge on any atom is -0.481 e. The lowest BCUT2D eigenvalue weighted by Crippen LogP contribution is -2.44. The quantitative estimate of drug-likeness (QED) is 0.434. The van der Waals surface area contributed by atoms with Gasteiger partial charge in [-0.3, -0.25) is 19.7 Å². The molecule has 9 nitrogen and oxygen atoms in total. The topological polar surface area (TPSA) is 126 Å². The SMILES string of the molecule is O=C(O)CCCNC(=O)C1CCCN1c1ccc([N+](=O)[O-])cn1. The first-order valence-corrected chi connectivity index (χ1v) is 7.35. The summed E-state index contributed by atoms with van der Waals surface area (Å²) in [6.45, 7) is 0.960. The van der Waals surface area contributed by atoms with E-state index in [4.69, 9.17) is 5.11 Å². The first-order valence-electron chi connectivity index (χ1n) is 7.35. The van der Waals surface area contributed by atoms with Gasteiger partial charge in [0.05, 0.1) is 4.92 Å². The van der Waals surface area contributed by atoms with Crippen molar-refractivity contribution in [2.45, 2.75) is 31.7 Å². The normalized spacial score (nSPS) is 17.0. The highest BCUT2D eigenvalue weighted by molar-refractivity contribution is 5.85. The number of rotatable bonds is 7. The second-order valence-corrected chi connectivity index (χ2v) is 5.27. The molecule has 1 aliphatic heterocycles. The number of hydrogen-bond acceptors (Lipinski definition) is 6. The largest absolute Gasteiger partial charge is 0.481 e. The summed E-state index contributed by atoms with van der Waals surface area (Å²) >= 11 is 0. The number of carbonyl (C=O) groups excluding carboxylic acids is 1. The number of amides is 1. The zero-order chi connectivity index (χ0) is 16.8. The highest BCUT2D eigenvalue weighted by atomic mass is 16.6. The maximum Gasteiger partial charge on any atom is 0.303 e. The lowest BCUT2D eigenvalue weighted by molar-refractivity contribution is -0.385. The predicted molar refractivity (Wildman–Crippen MR) is 81.1 cm³/mol. The zero-order valence-corrected chi connectivity index (χ0v) is 12.5. The van der Waals surface area contributed by atoms with Gasteiger partial charge in [-0.25, -0.2) is 4.98 Å². The summed E-state index contributed by atoms with van der Waals surface area (Å²) in [6.07, 6.45) is 3.06. The van der Waals surface area contributed by atoms with Gasteiger partial charge in [-0.1, -0.05) is 0 Å². The van der Waals surface area contributed by atoms with Gasteiger partial charge in [0, 0.05) is 25.6 Å². The molecule has 1 aromatic rings. The van der Waals surface area contributed by atoms with Crippen molar-refractivity contribution in [2.75, 3.05) is 18.0 Å². The van der Waals surface area contributed by atoms with Crippen LogP contribution in [0.4, 0.5) is 11.5 Å². The number of carboxylic acid groups (broad SMARTS) is 1. The third kappa shape index (κ3) is 4.38. The second kappa shape index (κ2) is 7.52. The van der Waals surface area contributed by atoms with Gasteiger partial charge in [-0.05, 0) is 25.3 Å². The number of aromatic nitrogens is 1. The van der Waals surface area contributed by atoms with E-state index in [1.54, 1.807) is 0 Å². The van der Waals surface area contributed by atoms with Gasteiger partial charge in [0.15, 0.2) is 0 Å². The Morgan fingerprint density at radius 1 is 1.48 bits per heavy atom. The summed E-state index contributed by atoms with van der Waals surface area (Å²) in [5, 5.41) is 21.9. The van der Waals surface area contributed by atoms with E-state index >= 15 is 0 Å². The van der Waals surface area contributed by atoms with E-state index in [1.165, 1.54) is 18.3 Å². The number of nitrogens with one attached hydrogen (secondary N) is 1. The highest BCUT2D eigenvalue weighted by Crippen LogP contribution is 2.25. The van der Waals surface area contributed by atoms with Crippen LogP contribution in [-0.4, -0.2) is 46.0 Å². The smallest absolute Gasteiger partial charge is 0.303 e. The van der Waals surface area contributed by atoms with Crippen molar-refractivity contribution in [3.8, 4) is 0 Å². The van der Waals surface area contributed by atoms with Crippen LogP contribution in [0.15, 0.2) is 18.3 Å². The molecule has 0 radical (unpaired) electrons. The van der Waals surface area contributed by atoms with E-state index in [1.807, 2.05) is 4.90 Å². The Balaban J connectivity index is 1.95. The summed E-state index contributed by atoms with van der Waals surface area (Å²) in [7, 11) is 0. The Morgan fingerprint density at radius 3 is 2.87 bits per heavy atom. The molecule has 1 aromatic heterocycles. The van der Waals surface area contributed by atoms with Crippen LogP contribution in [0.25, 0.3) is 0 Å². The molecule has 2 heterocycles. The van der Waals surface area contributed by atoms with Gasteiger partial charge in [-0.2, -0.15) is 0 Å². The molecule has 1 atom stereocenters. The van der Waals surface area contributed by atoms with E-state index < -0.39 is 10.9 Å². The molecule has 2 N–H and O–H groups in total. The molecule has 1 fully saturated rings. The van der Waals surface area contributed by atoms with E-state index in [-0.39, 0.29) is 24.1 Å². The Bertz CT molecular complexity index is 589. The Hall–Kier alpha value is -2.71. The van der Waals surface area contributed by atoms with Crippen molar-refractivity contribution in [1.82, 2.24) is 10.3 Å². The van der Waals surface area contributed by atoms with Crippen LogP contribution >= 0.6 is 0 Å². The molecule has 0 bridgehead atoms. The fraction of sp³-hybridized carbons (Fsp3) is 0.500. The van der Waals surface area contributed by atoms with Crippen molar-refractivity contribution in [1.29, 1.82) is 0 Å². The van der Waals surface area contributed by atoms with Crippen LogP contribution in [0.1, 0.15) is 25.7 Å². The molecular formula is C14H18N4O5. The average molecular weight is 322 g/mol. The molecule has 0 saturated carbocycles. The van der Waals surface area contributed by atoms with Crippen LogP contribution < -0.4 is 10.2 Å². The van der Waals surface area contributed by atoms with Crippen LogP contribution in [0.3, 0.4) is 0 Å². The lowest BCUT2D eigenvalue weighted by Gasteiger charge is -2.24. The van der Waals surface area contributed by atoms with Gasteiger partial charge in [0.25, 0.3) is 5.69 Å². The molecule has 1 aliphatic rings. The first-order chi connectivity index (χ1) is 11.0. The van der Waals surface area contributed by atoms with Crippen molar-refractivity contribution >= 4 is 23.4 Å². The third-order valence-corrected chi connectivity index (χ3v) is 3.66. The van der Waals surface area contributed by atoms with Gasteiger partial charge < -0.3 is 15.3 Å². The number of nitro groups is 1. The third-order valence-electron chi connectivity index (χ3n) is 3.66. The lowest BCUT2D eigenvalue weighted by atomic mass is 10.2. The minimum atomic E-state index is -0.892. The van der Waals surface area contributed by atoms with Gasteiger partial charge in [-0.15, -0.1) is 0 Å². The molecule has 1 saturated heterocycles. The molecule has 1 unspecified atom stereocenters. The van der Waals surface area contributed by atoms with E-state index in [0.717, 1.165) is 6.42 Å². The van der Waals surface area contributed by atoms with Crippen molar-refractivity contribution < 1.29 is 19.6 Å². The Morgan fingerprint density at radius 2 is 2.26 bits per heavy atom. The number of anilines is 1. The molecule has 0 aliphatic carbocycles. The second-order valence-electron chi connectivity index (χ2n) is 5.27. The van der Waals surface area contributed by atoms with Crippen LogP contribution in [0.5, 0.6) is 0 Å². The number of aliphatic carboxylic acids is 1. The predicted octanol–water partition coefficient (Wildman–Crippen LogP) is 0.940. The van der Waals surface area contributed by atoms with Gasteiger partial charge >= 0.3 is 5.97 Å². The summed E-state index contributed by atoms with van der Waals surface area (Å²) < 4.78 is 0. The summed E-state index contributed by atoms with van der Waals surface area (Å²) in [4.78, 5) is 38.7. The standard InChI is InChI=1S/C14H18N4O5/c19-13(20)4-1-7-15-14(21)11-3-2-8-17(11)12-6-5-10(9-16-12)18(22)23/h5-6,9,11H,1-4,7-8H2,(H,15,21)(H,19,20). The zero-order valence-electron chi connectivity index (χ0n) is 12.5. The molecule has 0 spiro atoms. The fourth-order valence-corrected chi connectivity index (χ4v) is 2.54. The molecule has 9 heteroatoms. The number of carboxylic acids is 1. The van der Waals surface area contributed by atoms with Crippen LogP contribution in [0.2, 0.25) is 0 Å². The summed E-state index contributed by atoms with van der Waals surface area (Å²) in [5.41, 5.74) is -0.0948. The Labute approximate surface area is 132 Å². The van der Waals surface area contributed by atoms with Crippen molar-refractivity contribution in [3.63, 3.8) is 0 Å². The number of hydrogen-bond donors (Lipinski definition) is 2. The maximum absolute atomic E-state index is 12.2. The highest BCUT2D eigenvalue weighted by Gasteiger charge is 2.31. The van der Waals surface area contributed by atoms with E-state index in [0.29, 0.717) is 31.7 Å². The summed E-state index contributed by atoms with van der Waals surface area (Å²) in [6, 6.07) is 2.52. The van der Waals surface area contributed by atoms with E-state index in [2.05, 4.69) is 10.3 Å². The Kier molecular flexibility index (Phi) is 5.45. The number of nitrogens with zero attached hydrogens (tertiary/aromatic N) is 3. The van der Waals surface area contributed by atoms with Crippen LogP contribution in [0, 0.1) is 10.1 Å². The maximum atomic E-state index is 12.2. The van der Waals surface area contributed by atoms with Crippen molar-refractivity contribution in [2.24, 2.45) is 0 Å². The number of carbonyl (C=O) groups is 2. The minimum absolute atomic E-state index is 0.0125. The van der Waals surface area contributed by atoms with Gasteiger partial charge in [0.2, 0.25) is 5.91 Å². The van der Waals surface area contributed by atoms with Crippen LogP contribution in [-0.2, 0) is 9.59 Å². The average Bonchev–Trinajstić information content (AvgIpc) is 3.01. The molecule has 23 heavy (non-hydrogen) atoms. The summed E-state index contributed by atoms with van der Waals surface area (Å²) in [5.74, 6) is -0.538. The van der Waals surface area contributed by atoms with Crippen molar-refractivity contribution in [3.05, 3.63) is 28.4 Å². The first kappa shape index (κ1) is 16.7. The molecule has 1 amide bonds. The monoisotopic (exact) mass is 322 g/mol. The molecular weight excluding hydrogens is 304 g/mol. The van der Waals surface area contributed by atoms with E-state index in [9.17, 15) is 19.7 Å². The molecule has 0 aromatic carbocycles. The molecule has 124 valence electrons. The molecule has 2 rings (SSSR count).